The second-order valence-electron chi connectivity index (χ2n) is 5.63. The smallest absolute Gasteiger partial charge is 0.266 e. The van der Waals surface area contributed by atoms with E-state index >= 15 is 0 Å². The highest BCUT2D eigenvalue weighted by atomic mass is 35.5. The molecule has 1 aliphatic heterocycles. The van der Waals surface area contributed by atoms with Gasteiger partial charge in [0.1, 0.15) is 17.5 Å². The molecule has 1 fully saturated rings. The van der Waals surface area contributed by atoms with Crippen molar-refractivity contribution in [2.75, 3.05) is 32.5 Å². The van der Waals surface area contributed by atoms with Gasteiger partial charge in [0, 0.05) is 25.5 Å². The molecule has 1 saturated heterocycles. The summed E-state index contributed by atoms with van der Waals surface area (Å²) in [5.41, 5.74) is 0.0585. The predicted molar refractivity (Wildman–Crippen MR) is 89.9 cm³/mol. The highest BCUT2D eigenvalue weighted by Crippen LogP contribution is 2.16. The number of nitrogens with one attached hydrogen (secondary N) is 1. The number of halogens is 1. The first kappa shape index (κ1) is 17.3. The molecule has 1 amide bonds. The third-order valence-electron chi connectivity index (χ3n) is 4.00. The van der Waals surface area contributed by atoms with E-state index in [1.807, 2.05) is 6.07 Å². The zero-order chi connectivity index (χ0) is 16.8. The van der Waals surface area contributed by atoms with Crippen LogP contribution in [-0.4, -0.2) is 53.9 Å². The van der Waals surface area contributed by atoms with Crippen molar-refractivity contribution in [3.63, 3.8) is 0 Å². The van der Waals surface area contributed by atoms with Gasteiger partial charge in [-0.15, -0.1) is 0 Å². The van der Waals surface area contributed by atoms with Crippen molar-refractivity contribution in [2.45, 2.75) is 18.9 Å². The van der Waals surface area contributed by atoms with Crippen molar-refractivity contribution >= 4 is 23.3 Å². The minimum absolute atomic E-state index is 0.0585. The lowest BCUT2D eigenvalue weighted by Crippen LogP contribution is -2.44. The fourth-order valence-corrected chi connectivity index (χ4v) is 2.60. The van der Waals surface area contributed by atoms with Gasteiger partial charge in [0.2, 0.25) is 0 Å². The summed E-state index contributed by atoms with van der Waals surface area (Å²) in [5, 5.41) is 12.6. The van der Waals surface area contributed by atoms with Gasteiger partial charge in [-0.25, -0.2) is 4.98 Å². The Labute approximate surface area is 141 Å². The highest BCUT2D eigenvalue weighted by Gasteiger charge is 2.25. The maximum absolute atomic E-state index is 12.5. The Bertz CT molecular complexity index is 614. The molecule has 6 nitrogen and oxygen atoms in total. The number of likely N-dealkylation sites (N-methyl/N-ethyl adjacent to an activating group) is 1. The van der Waals surface area contributed by atoms with Gasteiger partial charge in [-0.05, 0) is 45.1 Å². The number of nitrogens with zero attached hydrogens (tertiary/aromatic N) is 4. The number of carbonyl (C=O) groups excluding carboxylic acids is 1. The van der Waals surface area contributed by atoms with Gasteiger partial charge in [0.15, 0.2) is 0 Å². The lowest BCUT2D eigenvalue weighted by molar-refractivity contribution is -0.128. The van der Waals surface area contributed by atoms with Crippen LogP contribution in [0.15, 0.2) is 30.1 Å². The Morgan fingerprint density at radius 1 is 1.52 bits per heavy atom. The molecule has 122 valence electrons. The first-order valence-corrected chi connectivity index (χ1v) is 7.83. The van der Waals surface area contributed by atoms with Crippen molar-refractivity contribution in [1.29, 1.82) is 5.26 Å². The molecule has 7 heteroatoms. The van der Waals surface area contributed by atoms with Crippen LogP contribution in [0.5, 0.6) is 0 Å². The normalized spacial score (nSPS) is 16.7. The van der Waals surface area contributed by atoms with Gasteiger partial charge in [0.05, 0.1) is 5.02 Å². The van der Waals surface area contributed by atoms with Gasteiger partial charge in [-0.1, -0.05) is 11.6 Å². The Balaban J connectivity index is 2.01. The van der Waals surface area contributed by atoms with E-state index in [-0.39, 0.29) is 17.5 Å². The molecule has 1 aromatic heterocycles. The molecule has 2 heterocycles. The lowest BCUT2D eigenvalue weighted by Gasteiger charge is -2.34. The molecule has 2 rings (SSSR count). The molecule has 0 atom stereocenters. The SMILES string of the molecule is CN1CCC(N(C)C(=O)/C(C#N)=C\Nc2ccc(Cl)cn2)CC1. The number of hydrogen-bond donors (Lipinski definition) is 1. The van der Waals surface area contributed by atoms with Crippen LogP contribution in [0.25, 0.3) is 0 Å². The predicted octanol–water partition coefficient (Wildman–Crippen LogP) is 2.11. The van der Waals surface area contributed by atoms with Crippen LogP contribution < -0.4 is 5.32 Å². The fourth-order valence-electron chi connectivity index (χ4n) is 2.49. The molecule has 1 aliphatic rings. The molecule has 1 aromatic rings. The molecular formula is C16H20ClN5O. The van der Waals surface area contributed by atoms with Gasteiger partial charge in [-0.2, -0.15) is 5.26 Å². The van der Waals surface area contributed by atoms with Crippen LogP contribution in [0, 0.1) is 11.3 Å². The number of pyridine rings is 1. The number of nitriles is 1. The van der Waals surface area contributed by atoms with E-state index in [4.69, 9.17) is 11.6 Å². The van der Waals surface area contributed by atoms with E-state index in [2.05, 4.69) is 22.2 Å². The quantitative estimate of drug-likeness (QED) is 0.675. The van der Waals surface area contributed by atoms with E-state index in [0.29, 0.717) is 10.8 Å². The van der Waals surface area contributed by atoms with Crippen molar-refractivity contribution in [3.8, 4) is 6.07 Å². The van der Waals surface area contributed by atoms with Crippen molar-refractivity contribution in [1.82, 2.24) is 14.8 Å². The molecular weight excluding hydrogens is 314 g/mol. The summed E-state index contributed by atoms with van der Waals surface area (Å²) in [7, 11) is 3.83. The van der Waals surface area contributed by atoms with Crippen LogP contribution in [0.1, 0.15) is 12.8 Å². The second kappa shape index (κ2) is 7.95. The Kier molecular flexibility index (Phi) is 5.97. The van der Waals surface area contributed by atoms with E-state index in [1.54, 1.807) is 24.1 Å². The van der Waals surface area contributed by atoms with Gasteiger partial charge in [0.25, 0.3) is 5.91 Å². The van der Waals surface area contributed by atoms with Gasteiger partial charge < -0.3 is 15.1 Å². The highest BCUT2D eigenvalue weighted by molar-refractivity contribution is 6.30. The number of amides is 1. The molecule has 1 N–H and O–H groups in total. The number of hydrogen-bond acceptors (Lipinski definition) is 5. The van der Waals surface area contributed by atoms with Crippen LogP contribution in [0.4, 0.5) is 5.82 Å². The molecule has 23 heavy (non-hydrogen) atoms. The number of anilines is 1. The standard InChI is InChI=1S/C16H20ClN5O/c1-21-7-5-14(6-8-21)22(2)16(23)12(9-18)10-19-15-4-3-13(17)11-20-15/h3-4,10-11,14H,5-8H2,1-2H3,(H,19,20)/b12-10-. The van der Waals surface area contributed by atoms with Crippen LogP contribution in [0.2, 0.25) is 5.02 Å². The molecule has 0 aliphatic carbocycles. The number of rotatable bonds is 4. The summed E-state index contributed by atoms with van der Waals surface area (Å²) >= 11 is 5.77. The Hall–Kier alpha value is -2.10. The van der Waals surface area contributed by atoms with Crippen molar-refractivity contribution in [3.05, 3.63) is 35.1 Å². The lowest BCUT2D eigenvalue weighted by atomic mass is 10.0. The molecule has 0 unspecified atom stereocenters. The summed E-state index contributed by atoms with van der Waals surface area (Å²) in [6.07, 6.45) is 4.73. The number of aromatic nitrogens is 1. The van der Waals surface area contributed by atoms with Crippen molar-refractivity contribution in [2.24, 2.45) is 0 Å². The van der Waals surface area contributed by atoms with Crippen molar-refractivity contribution < 1.29 is 4.79 Å². The Morgan fingerprint density at radius 3 is 2.78 bits per heavy atom. The van der Waals surface area contributed by atoms with E-state index in [9.17, 15) is 10.1 Å². The number of piperidine rings is 1. The van der Waals surface area contributed by atoms with Crippen LogP contribution in [0.3, 0.4) is 0 Å². The summed E-state index contributed by atoms with van der Waals surface area (Å²) in [6.45, 7) is 1.92. The van der Waals surface area contributed by atoms with Crippen LogP contribution >= 0.6 is 11.6 Å². The number of likely N-dealkylation sites (tertiary alicyclic amines) is 1. The van der Waals surface area contributed by atoms with Crippen LogP contribution in [-0.2, 0) is 4.79 Å². The third kappa shape index (κ3) is 4.68. The molecule has 0 saturated carbocycles. The van der Waals surface area contributed by atoms with E-state index in [0.717, 1.165) is 25.9 Å². The largest absolute Gasteiger partial charge is 0.345 e. The zero-order valence-corrected chi connectivity index (χ0v) is 14.0. The first-order chi connectivity index (χ1) is 11.0. The molecule has 0 bridgehead atoms. The van der Waals surface area contributed by atoms with Gasteiger partial charge >= 0.3 is 0 Å². The fraction of sp³-hybridized carbons (Fsp3) is 0.438. The minimum Gasteiger partial charge on any atom is -0.345 e. The monoisotopic (exact) mass is 333 g/mol. The summed E-state index contributed by atoms with van der Waals surface area (Å²) in [6, 6.07) is 5.49. The maximum atomic E-state index is 12.5. The second-order valence-corrected chi connectivity index (χ2v) is 6.06. The third-order valence-corrected chi connectivity index (χ3v) is 4.22. The molecule has 0 aromatic carbocycles. The van der Waals surface area contributed by atoms with Gasteiger partial charge in [-0.3, -0.25) is 4.79 Å². The Morgan fingerprint density at radius 2 is 2.22 bits per heavy atom. The molecule has 0 radical (unpaired) electrons. The zero-order valence-electron chi connectivity index (χ0n) is 13.3. The minimum atomic E-state index is -0.275. The molecule has 0 spiro atoms. The summed E-state index contributed by atoms with van der Waals surface area (Å²) < 4.78 is 0. The van der Waals surface area contributed by atoms with E-state index in [1.165, 1.54) is 12.4 Å². The summed E-state index contributed by atoms with van der Waals surface area (Å²) in [4.78, 5) is 20.4. The average molecular weight is 334 g/mol. The summed E-state index contributed by atoms with van der Waals surface area (Å²) in [5.74, 6) is 0.250. The first-order valence-electron chi connectivity index (χ1n) is 7.45. The van der Waals surface area contributed by atoms with E-state index < -0.39 is 0 Å². The number of carbonyl (C=O) groups is 1. The topological polar surface area (TPSA) is 72.3 Å². The maximum Gasteiger partial charge on any atom is 0.266 e. The average Bonchev–Trinajstić information content (AvgIpc) is 2.57.